The standard InChI is InChI=1S/C37H83N7O4S2/c1-3-5-7-9-11-13-17-36-49(45,46)42-31-22-34-44(35-23-32-43-50(47,48)37-18-14-12-10-8-6-4-2)33-21-30-41-29-20-28-40-26-16-15-25-39-27-19-24-38/h39-43H,3-38H2,1-2H3. The number of hydrogen-bond acceptors (Lipinski definition) is 9. The van der Waals surface area contributed by atoms with Gasteiger partial charge in [0, 0.05) is 13.1 Å². The lowest BCUT2D eigenvalue weighted by Crippen LogP contribution is -2.35. The first-order valence-electron chi connectivity index (χ1n) is 20.8. The van der Waals surface area contributed by atoms with Gasteiger partial charge in [-0.2, -0.15) is 0 Å². The van der Waals surface area contributed by atoms with Crippen molar-refractivity contribution in [1.29, 1.82) is 0 Å². The third-order valence-corrected chi connectivity index (χ3v) is 12.0. The molecule has 0 unspecified atom stereocenters. The van der Waals surface area contributed by atoms with Crippen LogP contribution >= 0.6 is 0 Å². The molecule has 0 aliphatic rings. The fourth-order valence-corrected chi connectivity index (χ4v) is 8.27. The average Bonchev–Trinajstić information content (AvgIpc) is 3.09. The Morgan fingerprint density at radius 1 is 0.400 bits per heavy atom. The lowest BCUT2D eigenvalue weighted by Gasteiger charge is -2.22. The maximum atomic E-state index is 12.5. The first kappa shape index (κ1) is 49.6. The predicted molar refractivity (Wildman–Crippen MR) is 216 cm³/mol. The quantitative estimate of drug-likeness (QED) is 0.0468. The van der Waals surface area contributed by atoms with Crippen LogP contribution in [0.5, 0.6) is 0 Å². The zero-order valence-electron chi connectivity index (χ0n) is 32.7. The summed E-state index contributed by atoms with van der Waals surface area (Å²) >= 11 is 0. The van der Waals surface area contributed by atoms with E-state index in [-0.39, 0.29) is 11.5 Å². The van der Waals surface area contributed by atoms with Crippen LogP contribution in [0.1, 0.15) is 149 Å². The molecule has 0 amide bonds. The summed E-state index contributed by atoms with van der Waals surface area (Å²) in [6, 6.07) is 0. The van der Waals surface area contributed by atoms with Gasteiger partial charge in [-0.3, -0.25) is 0 Å². The number of unbranched alkanes of at least 4 members (excludes halogenated alkanes) is 13. The summed E-state index contributed by atoms with van der Waals surface area (Å²) in [5.74, 6) is 0.412. The Bertz CT molecular complexity index is 856. The molecule has 7 N–H and O–H groups in total. The van der Waals surface area contributed by atoms with E-state index in [0.29, 0.717) is 13.1 Å². The van der Waals surface area contributed by atoms with E-state index in [9.17, 15) is 16.8 Å². The minimum atomic E-state index is -3.24. The summed E-state index contributed by atoms with van der Waals surface area (Å²) < 4.78 is 55.6. The molecular weight excluding hydrogens is 671 g/mol. The first-order valence-corrected chi connectivity index (χ1v) is 24.1. The van der Waals surface area contributed by atoms with Crippen molar-refractivity contribution < 1.29 is 16.8 Å². The summed E-state index contributed by atoms with van der Waals surface area (Å²) in [5, 5.41) is 10.5. The number of hydrogen-bond donors (Lipinski definition) is 6. The van der Waals surface area contributed by atoms with E-state index in [0.717, 1.165) is 136 Å². The topological polar surface area (TPSA) is 158 Å². The zero-order valence-corrected chi connectivity index (χ0v) is 34.4. The minimum absolute atomic E-state index is 0.206. The second-order valence-electron chi connectivity index (χ2n) is 14.0. The van der Waals surface area contributed by atoms with Crippen molar-refractivity contribution in [2.75, 3.05) is 90.0 Å². The van der Waals surface area contributed by atoms with Gasteiger partial charge in [0.2, 0.25) is 20.0 Å². The maximum absolute atomic E-state index is 12.5. The van der Waals surface area contributed by atoms with Gasteiger partial charge in [0.15, 0.2) is 0 Å². The molecule has 13 heteroatoms. The van der Waals surface area contributed by atoms with Crippen molar-refractivity contribution in [3.8, 4) is 0 Å². The van der Waals surface area contributed by atoms with Crippen LogP contribution in [-0.4, -0.2) is 112 Å². The summed E-state index contributed by atoms with van der Waals surface area (Å²) in [4.78, 5) is 2.35. The first-order chi connectivity index (χ1) is 24.3. The lowest BCUT2D eigenvalue weighted by molar-refractivity contribution is 0.263. The van der Waals surface area contributed by atoms with Gasteiger partial charge in [-0.25, -0.2) is 26.3 Å². The van der Waals surface area contributed by atoms with Gasteiger partial charge in [-0.05, 0) is 123 Å². The molecule has 0 aromatic rings. The van der Waals surface area contributed by atoms with Crippen LogP contribution in [0.2, 0.25) is 0 Å². The molecule has 0 bridgehead atoms. The Morgan fingerprint density at radius 2 is 0.740 bits per heavy atom. The predicted octanol–water partition coefficient (Wildman–Crippen LogP) is 5.09. The SMILES string of the molecule is CCCCCCCCCS(=O)(=O)NCCCN(CCCNCCCNCCCCNCCCN)CCCNS(=O)(=O)CCCCCCCCC. The third-order valence-electron chi connectivity index (χ3n) is 9.03. The van der Waals surface area contributed by atoms with Gasteiger partial charge in [-0.15, -0.1) is 0 Å². The Kier molecular flexibility index (Phi) is 36.7. The highest BCUT2D eigenvalue weighted by atomic mass is 32.2. The number of nitrogens with one attached hydrogen (secondary N) is 5. The molecule has 0 aromatic carbocycles. The van der Waals surface area contributed by atoms with Gasteiger partial charge in [0.05, 0.1) is 11.5 Å². The molecule has 0 spiro atoms. The summed E-state index contributed by atoms with van der Waals surface area (Å²) in [6.07, 6.45) is 22.4. The van der Waals surface area contributed by atoms with Crippen LogP contribution in [0.4, 0.5) is 0 Å². The molecule has 0 rings (SSSR count). The van der Waals surface area contributed by atoms with Crippen LogP contribution < -0.4 is 31.1 Å². The van der Waals surface area contributed by atoms with E-state index < -0.39 is 20.0 Å². The highest BCUT2D eigenvalue weighted by Crippen LogP contribution is 2.09. The molecule has 11 nitrogen and oxygen atoms in total. The van der Waals surface area contributed by atoms with E-state index in [2.05, 4.69) is 44.1 Å². The van der Waals surface area contributed by atoms with Crippen LogP contribution in [0.3, 0.4) is 0 Å². The Balaban J connectivity index is 4.35. The molecule has 0 atom stereocenters. The lowest BCUT2D eigenvalue weighted by atomic mass is 10.1. The zero-order chi connectivity index (χ0) is 36.9. The van der Waals surface area contributed by atoms with Crippen molar-refractivity contribution in [1.82, 2.24) is 30.3 Å². The van der Waals surface area contributed by atoms with Crippen LogP contribution in [0.15, 0.2) is 0 Å². The highest BCUT2D eigenvalue weighted by molar-refractivity contribution is 7.89. The van der Waals surface area contributed by atoms with E-state index in [1.54, 1.807) is 0 Å². The molecule has 0 radical (unpaired) electrons. The van der Waals surface area contributed by atoms with Crippen LogP contribution in [-0.2, 0) is 20.0 Å². The molecule has 0 saturated heterocycles. The fraction of sp³-hybridized carbons (Fsp3) is 1.00. The number of nitrogens with zero attached hydrogens (tertiary/aromatic N) is 1. The van der Waals surface area contributed by atoms with Gasteiger partial charge >= 0.3 is 0 Å². The average molecular weight is 754 g/mol. The van der Waals surface area contributed by atoms with Crippen molar-refractivity contribution >= 4 is 20.0 Å². The Morgan fingerprint density at radius 3 is 1.16 bits per heavy atom. The van der Waals surface area contributed by atoms with Crippen LogP contribution in [0.25, 0.3) is 0 Å². The smallest absolute Gasteiger partial charge is 0.211 e. The molecular formula is C37H83N7O4S2. The molecule has 0 aliphatic heterocycles. The summed E-state index contributed by atoms with van der Waals surface area (Å²) in [6.45, 7) is 14.6. The molecule has 0 aliphatic carbocycles. The molecule has 302 valence electrons. The van der Waals surface area contributed by atoms with Crippen molar-refractivity contribution in [3.05, 3.63) is 0 Å². The van der Waals surface area contributed by atoms with Crippen molar-refractivity contribution in [2.24, 2.45) is 5.73 Å². The summed E-state index contributed by atoms with van der Waals surface area (Å²) in [5.41, 5.74) is 5.51. The monoisotopic (exact) mass is 754 g/mol. The van der Waals surface area contributed by atoms with Gasteiger partial charge in [0.25, 0.3) is 0 Å². The molecule has 50 heavy (non-hydrogen) atoms. The maximum Gasteiger partial charge on any atom is 0.211 e. The fourth-order valence-electron chi connectivity index (χ4n) is 5.91. The van der Waals surface area contributed by atoms with Crippen molar-refractivity contribution in [2.45, 2.75) is 149 Å². The second-order valence-corrected chi connectivity index (χ2v) is 17.9. The van der Waals surface area contributed by atoms with E-state index in [4.69, 9.17) is 5.73 Å². The number of nitrogens with two attached hydrogens (primary N) is 1. The molecule has 0 fully saturated rings. The number of sulfonamides is 2. The van der Waals surface area contributed by atoms with E-state index in [1.165, 1.54) is 64.2 Å². The van der Waals surface area contributed by atoms with Crippen molar-refractivity contribution in [3.63, 3.8) is 0 Å². The summed E-state index contributed by atoms with van der Waals surface area (Å²) in [7, 11) is -6.48. The van der Waals surface area contributed by atoms with Gasteiger partial charge < -0.3 is 26.6 Å². The number of rotatable bonds is 42. The largest absolute Gasteiger partial charge is 0.330 e. The Hall–Kier alpha value is -0.380. The molecule has 0 aromatic heterocycles. The molecule has 0 heterocycles. The van der Waals surface area contributed by atoms with Crippen LogP contribution in [0, 0.1) is 0 Å². The van der Waals surface area contributed by atoms with E-state index >= 15 is 0 Å². The van der Waals surface area contributed by atoms with Gasteiger partial charge in [-0.1, -0.05) is 90.9 Å². The third kappa shape index (κ3) is 37.4. The Labute approximate surface area is 310 Å². The minimum Gasteiger partial charge on any atom is -0.330 e. The molecule has 0 saturated carbocycles. The van der Waals surface area contributed by atoms with Gasteiger partial charge in [0.1, 0.15) is 0 Å². The van der Waals surface area contributed by atoms with E-state index in [1.807, 2.05) is 0 Å². The highest BCUT2D eigenvalue weighted by Gasteiger charge is 2.12. The normalized spacial score (nSPS) is 12.4. The second kappa shape index (κ2) is 37.0.